The quantitative estimate of drug-likeness (QED) is 0.617. The van der Waals surface area contributed by atoms with Gasteiger partial charge in [0.1, 0.15) is 11.6 Å². The fourth-order valence-corrected chi connectivity index (χ4v) is 5.47. The molecule has 156 valence electrons. The Labute approximate surface area is 179 Å². The molecule has 3 aromatic rings. The highest BCUT2D eigenvalue weighted by Crippen LogP contribution is 2.33. The van der Waals surface area contributed by atoms with Gasteiger partial charge >= 0.3 is 0 Å². The summed E-state index contributed by atoms with van der Waals surface area (Å²) in [5, 5.41) is 1.02. The Kier molecular flexibility index (Phi) is 4.82. The maximum atomic E-state index is 12.7. The third-order valence-corrected chi connectivity index (χ3v) is 7.39. The van der Waals surface area contributed by atoms with Crippen LogP contribution in [-0.2, 0) is 17.7 Å². The van der Waals surface area contributed by atoms with Crippen LogP contribution in [0.25, 0.3) is 10.9 Å². The van der Waals surface area contributed by atoms with Gasteiger partial charge in [0, 0.05) is 30.6 Å². The van der Waals surface area contributed by atoms with Gasteiger partial charge in [-0.3, -0.25) is 0 Å². The first-order valence-electron chi connectivity index (χ1n) is 10.2. The zero-order valence-electron chi connectivity index (χ0n) is 17.0. The van der Waals surface area contributed by atoms with Crippen LogP contribution < -0.4 is 21.3 Å². The fourth-order valence-electron chi connectivity index (χ4n) is 4.20. The molecule has 1 fully saturated rings. The highest BCUT2D eigenvalue weighted by atomic mass is 32.2. The molecular formula is C22H26N6OS. The number of aromatic nitrogens is 2. The molecule has 0 amide bonds. The number of nitrogens with zero attached hydrogens (tertiary/aromatic N) is 4. The molecule has 5 rings (SSSR count). The second-order valence-electron chi connectivity index (χ2n) is 8.37. The third-order valence-electron chi connectivity index (χ3n) is 5.95. The molecule has 0 radical (unpaired) electrons. The largest absolute Gasteiger partial charge is 0.611 e. The monoisotopic (exact) mass is 422 g/mol. The minimum Gasteiger partial charge on any atom is -0.611 e. The average Bonchev–Trinajstić information content (AvgIpc) is 2.90. The Balaban J connectivity index is 1.56. The summed E-state index contributed by atoms with van der Waals surface area (Å²) in [7, 11) is 0. The number of anilines is 2. The molecule has 4 N–H and O–H groups in total. The maximum Gasteiger partial charge on any atom is 0.228 e. The Hall–Kier alpha value is -2.39. The molecule has 8 heteroatoms. The van der Waals surface area contributed by atoms with Gasteiger partial charge in [-0.25, -0.2) is 4.98 Å². The first-order valence-corrected chi connectivity index (χ1v) is 11.5. The van der Waals surface area contributed by atoms with E-state index in [0.29, 0.717) is 44.4 Å². The predicted octanol–water partition coefficient (Wildman–Crippen LogP) is 1.54. The van der Waals surface area contributed by atoms with Gasteiger partial charge in [0.05, 0.1) is 24.1 Å². The molecule has 2 aliphatic heterocycles. The van der Waals surface area contributed by atoms with Crippen LogP contribution >= 0.6 is 0 Å². The lowest BCUT2D eigenvalue weighted by atomic mass is 9.91. The zero-order chi connectivity index (χ0) is 20.9. The van der Waals surface area contributed by atoms with Gasteiger partial charge in [-0.15, -0.1) is 0 Å². The summed E-state index contributed by atoms with van der Waals surface area (Å²) in [6.45, 7) is 5.16. The van der Waals surface area contributed by atoms with Gasteiger partial charge in [0.2, 0.25) is 5.95 Å². The standard InChI is InChI=1S/C22H26N6OS/c1-15-6-7-18-17(10-15)20(28-13-22(24,12-23)14-28)26-21(25-18)27-8-9-30(29)19-5-3-2-4-16(19)11-27/h2-7,10H,8-9,11-14,23-24H2,1H3. The average molecular weight is 423 g/mol. The summed E-state index contributed by atoms with van der Waals surface area (Å²) in [5.74, 6) is 2.12. The predicted molar refractivity (Wildman–Crippen MR) is 121 cm³/mol. The second-order valence-corrected chi connectivity index (χ2v) is 9.91. The minimum absolute atomic E-state index is 0.361. The van der Waals surface area contributed by atoms with Crippen LogP contribution in [-0.4, -0.2) is 52.0 Å². The van der Waals surface area contributed by atoms with E-state index in [4.69, 9.17) is 21.4 Å². The van der Waals surface area contributed by atoms with Crippen molar-refractivity contribution >= 4 is 33.8 Å². The second kappa shape index (κ2) is 7.39. The van der Waals surface area contributed by atoms with Crippen molar-refractivity contribution in [1.82, 2.24) is 9.97 Å². The summed E-state index contributed by atoms with van der Waals surface area (Å²) >= 11 is -1.01. The lowest BCUT2D eigenvalue weighted by Gasteiger charge is -2.48. The van der Waals surface area contributed by atoms with Crippen molar-refractivity contribution in [3.05, 3.63) is 53.6 Å². The number of hydrogen-bond donors (Lipinski definition) is 2. The van der Waals surface area contributed by atoms with Crippen molar-refractivity contribution in [1.29, 1.82) is 0 Å². The van der Waals surface area contributed by atoms with Crippen molar-refractivity contribution in [3.8, 4) is 0 Å². The lowest BCUT2D eigenvalue weighted by molar-refractivity contribution is 0.340. The van der Waals surface area contributed by atoms with Crippen molar-refractivity contribution < 1.29 is 4.55 Å². The fraction of sp³-hybridized carbons (Fsp3) is 0.364. The summed E-state index contributed by atoms with van der Waals surface area (Å²) in [4.78, 5) is 15.1. The van der Waals surface area contributed by atoms with E-state index in [2.05, 4.69) is 28.9 Å². The molecule has 30 heavy (non-hydrogen) atoms. The molecule has 3 heterocycles. The van der Waals surface area contributed by atoms with Gasteiger partial charge in [0.25, 0.3) is 0 Å². The van der Waals surface area contributed by atoms with E-state index < -0.39 is 11.2 Å². The van der Waals surface area contributed by atoms with Crippen molar-refractivity contribution in [2.24, 2.45) is 11.5 Å². The van der Waals surface area contributed by atoms with E-state index >= 15 is 0 Å². The molecule has 1 aromatic heterocycles. The topological polar surface area (TPSA) is 107 Å². The molecule has 2 aliphatic rings. The first-order chi connectivity index (χ1) is 14.5. The van der Waals surface area contributed by atoms with E-state index in [1.54, 1.807) is 0 Å². The first kappa shape index (κ1) is 19.6. The van der Waals surface area contributed by atoms with Crippen LogP contribution in [0.4, 0.5) is 11.8 Å². The Morgan fingerprint density at radius 1 is 1.13 bits per heavy atom. The third kappa shape index (κ3) is 3.39. The molecule has 2 aromatic carbocycles. The van der Waals surface area contributed by atoms with E-state index in [9.17, 15) is 4.55 Å². The molecule has 1 saturated heterocycles. The highest BCUT2D eigenvalue weighted by molar-refractivity contribution is 7.91. The smallest absolute Gasteiger partial charge is 0.228 e. The van der Waals surface area contributed by atoms with Crippen molar-refractivity contribution in [2.45, 2.75) is 23.9 Å². The van der Waals surface area contributed by atoms with Gasteiger partial charge in [0.15, 0.2) is 4.90 Å². The number of hydrogen-bond acceptors (Lipinski definition) is 7. The Morgan fingerprint density at radius 3 is 2.73 bits per heavy atom. The molecular weight excluding hydrogens is 396 g/mol. The van der Waals surface area contributed by atoms with Gasteiger partial charge in [-0.2, -0.15) is 4.98 Å². The Bertz CT molecular complexity index is 1100. The number of rotatable bonds is 3. The molecule has 7 nitrogen and oxygen atoms in total. The number of fused-ring (bicyclic) bond motifs is 2. The summed E-state index contributed by atoms with van der Waals surface area (Å²) < 4.78 is 12.7. The number of nitrogens with two attached hydrogens (primary N) is 2. The van der Waals surface area contributed by atoms with Crippen LogP contribution in [0.1, 0.15) is 11.1 Å². The van der Waals surface area contributed by atoms with E-state index in [-0.39, 0.29) is 5.54 Å². The number of aryl methyl sites for hydroxylation is 1. The van der Waals surface area contributed by atoms with E-state index in [1.807, 2.05) is 30.3 Å². The number of benzene rings is 2. The van der Waals surface area contributed by atoms with E-state index in [0.717, 1.165) is 32.7 Å². The Morgan fingerprint density at radius 2 is 1.93 bits per heavy atom. The molecule has 1 atom stereocenters. The normalized spacial score (nSPS) is 20.6. The van der Waals surface area contributed by atoms with Gasteiger partial charge in [-0.05, 0) is 36.3 Å². The summed E-state index contributed by atoms with van der Waals surface area (Å²) in [5.41, 5.74) is 14.9. The van der Waals surface area contributed by atoms with Gasteiger partial charge in [-0.1, -0.05) is 29.8 Å². The van der Waals surface area contributed by atoms with Crippen LogP contribution in [0.2, 0.25) is 0 Å². The molecule has 1 unspecified atom stereocenters. The van der Waals surface area contributed by atoms with Crippen molar-refractivity contribution in [2.75, 3.05) is 41.7 Å². The van der Waals surface area contributed by atoms with Crippen molar-refractivity contribution in [3.63, 3.8) is 0 Å². The molecule has 0 spiro atoms. The molecule has 0 bridgehead atoms. The lowest BCUT2D eigenvalue weighted by Crippen LogP contribution is -2.71. The highest BCUT2D eigenvalue weighted by Gasteiger charge is 2.40. The van der Waals surface area contributed by atoms with Crippen LogP contribution in [0.15, 0.2) is 47.4 Å². The van der Waals surface area contributed by atoms with Crippen LogP contribution in [0.5, 0.6) is 0 Å². The molecule has 0 aliphatic carbocycles. The molecule has 0 saturated carbocycles. The van der Waals surface area contributed by atoms with Gasteiger partial charge < -0.3 is 25.8 Å². The summed E-state index contributed by atoms with van der Waals surface area (Å²) in [6, 6.07) is 14.2. The van der Waals surface area contributed by atoms with E-state index in [1.165, 1.54) is 0 Å². The maximum absolute atomic E-state index is 12.7. The summed E-state index contributed by atoms with van der Waals surface area (Å²) in [6.07, 6.45) is 0. The SMILES string of the molecule is Cc1ccc2nc(N3CC[S+]([O-])c4ccccc4C3)nc(N3CC(N)(CN)C3)c2c1. The van der Waals surface area contributed by atoms with Crippen LogP contribution in [0, 0.1) is 6.92 Å². The zero-order valence-corrected chi connectivity index (χ0v) is 17.9. The van der Waals surface area contributed by atoms with Crippen LogP contribution in [0.3, 0.4) is 0 Å². The minimum atomic E-state index is -1.01.